The third-order valence-corrected chi connectivity index (χ3v) is 2.95. The van der Waals surface area contributed by atoms with Gasteiger partial charge in [-0.3, -0.25) is 9.78 Å². The van der Waals surface area contributed by atoms with Crippen LogP contribution in [0.25, 0.3) is 0 Å². The molecule has 2 aromatic rings. The van der Waals surface area contributed by atoms with Gasteiger partial charge in [-0.2, -0.15) is 13.9 Å². The maximum Gasteiger partial charge on any atom is 0.387 e. The molecule has 5 nitrogen and oxygen atoms in total. The van der Waals surface area contributed by atoms with Gasteiger partial charge in [-0.25, -0.2) is 5.43 Å². The predicted octanol–water partition coefficient (Wildman–Crippen LogP) is 3.21. The zero-order chi connectivity index (χ0) is 15.9. The molecule has 1 heterocycles. The number of hydrogen-bond donors (Lipinski definition) is 1. The first kappa shape index (κ1) is 16.0. The Bertz CT molecular complexity index is 681. The smallest absolute Gasteiger partial charge is 0.387 e. The summed E-state index contributed by atoms with van der Waals surface area (Å²) in [5, 5.41) is 3.72. The number of hydrogen-bond acceptors (Lipinski definition) is 4. The van der Waals surface area contributed by atoms with Crippen molar-refractivity contribution in [3.63, 3.8) is 0 Å². The molecule has 0 bridgehead atoms. The molecule has 22 heavy (non-hydrogen) atoms. The van der Waals surface area contributed by atoms with E-state index >= 15 is 0 Å². The lowest BCUT2D eigenvalue weighted by atomic mass is 10.2. The fraction of sp³-hybridized carbons (Fsp3) is 0.0714. The van der Waals surface area contributed by atoms with Crippen LogP contribution in [-0.2, 0) is 0 Å². The van der Waals surface area contributed by atoms with Crippen molar-refractivity contribution in [1.82, 2.24) is 10.4 Å². The summed E-state index contributed by atoms with van der Waals surface area (Å²) in [4.78, 5) is 15.6. The predicted molar refractivity (Wildman–Crippen MR) is 80.1 cm³/mol. The molecule has 1 aromatic heterocycles. The molecular formula is C14H10BrF2N3O2. The molecule has 0 atom stereocenters. The number of amides is 1. The number of halogens is 3. The number of aromatic nitrogens is 1. The maximum absolute atomic E-state index is 12.3. The van der Waals surface area contributed by atoms with Gasteiger partial charge in [0, 0.05) is 16.2 Å². The monoisotopic (exact) mass is 369 g/mol. The van der Waals surface area contributed by atoms with Crippen molar-refractivity contribution in [2.75, 3.05) is 0 Å². The summed E-state index contributed by atoms with van der Waals surface area (Å²) in [7, 11) is 0. The van der Waals surface area contributed by atoms with E-state index in [0.717, 1.165) is 0 Å². The molecule has 0 aliphatic rings. The number of rotatable bonds is 5. The average Bonchev–Trinajstić information content (AvgIpc) is 2.50. The Morgan fingerprint density at radius 3 is 2.86 bits per heavy atom. The van der Waals surface area contributed by atoms with Crippen molar-refractivity contribution in [2.24, 2.45) is 5.10 Å². The van der Waals surface area contributed by atoms with Gasteiger partial charge in [0.15, 0.2) is 0 Å². The Kier molecular flexibility index (Phi) is 5.54. The van der Waals surface area contributed by atoms with Gasteiger partial charge >= 0.3 is 6.61 Å². The molecule has 2 rings (SSSR count). The first-order valence-corrected chi connectivity index (χ1v) is 6.84. The third kappa shape index (κ3) is 4.59. The first-order valence-electron chi connectivity index (χ1n) is 6.05. The Labute approximate surface area is 133 Å². The summed E-state index contributed by atoms with van der Waals surface area (Å²) in [6.07, 6.45) is 2.69. The lowest BCUT2D eigenvalue weighted by molar-refractivity contribution is -0.0499. The number of benzene rings is 1. The quantitative estimate of drug-likeness (QED) is 0.650. The van der Waals surface area contributed by atoms with Crippen molar-refractivity contribution in [2.45, 2.75) is 6.61 Å². The Morgan fingerprint density at radius 2 is 2.18 bits per heavy atom. The highest BCUT2D eigenvalue weighted by Gasteiger charge is 2.09. The number of carbonyl (C=O) groups is 1. The second-order valence-electron chi connectivity index (χ2n) is 3.97. The van der Waals surface area contributed by atoms with Crippen LogP contribution in [0.2, 0.25) is 0 Å². The largest absolute Gasteiger partial charge is 0.434 e. The summed E-state index contributed by atoms with van der Waals surface area (Å²) in [6.45, 7) is -2.95. The van der Waals surface area contributed by atoms with E-state index in [1.807, 2.05) is 0 Å². The van der Waals surface area contributed by atoms with E-state index < -0.39 is 12.5 Å². The molecule has 1 amide bonds. The number of nitrogens with one attached hydrogen (secondary N) is 1. The van der Waals surface area contributed by atoms with Crippen LogP contribution in [0.4, 0.5) is 8.78 Å². The molecule has 1 N–H and O–H groups in total. The molecule has 0 aliphatic carbocycles. The maximum atomic E-state index is 12.3. The van der Waals surface area contributed by atoms with Crippen LogP contribution >= 0.6 is 15.9 Å². The van der Waals surface area contributed by atoms with E-state index in [1.54, 1.807) is 18.2 Å². The van der Waals surface area contributed by atoms with Crippen LogP contribution in [0, 0.1) is 0 Å². The molecule has 0 saturated carbocycles. The van der Waals surface area contributed by atoms with Gasteiger partial charge in [0.25, 0.3) is 5.91 Å². The fourth-order valence-corrected chi connectivity index (χ4v) is 1.92. The minimum absolute atomic E-state index is 0.0472. The zero-order valence-corrected chi connectivity index (χ0v) is 12.6. The molecule has 0 radical (unpaired) electrons. The highest BCUT2D eigenvalue weighted by molar-refractivity contribution is 9.10. The number of pyridine rings is 1. The summed E-state index contributed by atoms with van der Waals surface area (Å²) in [5.41, 5.74) is 2.74. The summed E-state index contributed by atoms with van der Waals surface area (Å²) < 4.78 is 29.7. The Balaban J connectivity index is 2.09. The van der Waals surface area contributed by atoms with Gasteiger partial charge in [0.05, 0.1) is 6.21 Å². The average molecular weight is 370 g/mol. The minimum atomic E-state index is -2.95. The second kappa shape index (κ2) is 7.60. The van der Waals surface area contributed by atoms with Gasteiger partial charge < -0.3 is 4.74 Å². The van der Waals surface area contributed by atoms with Crippen molar-refractivity contribution >= 4 is 28.1 Å². The standard InChI is InChI=1S/C14H10BrF2N3O2/c15-10-4-5-12(22-14(16)17)9(7-10)8-19-20-13(21)11-3-1-2-6-18-11/h1-8,14H,(H,20,21)/b19-8-. The molecule has 0 aliphatic heterocycles. The van der Waals surface area contributed by atoms with Crippen LogP contribution < -0.4 is 10.2 Å². The van der Waals surface area contributed by atoms with Crippen molar-refractivity contribution < 1.29 is 18.3 Å². The van der Waals surface area contributed by atoms with Crippen molar-refractivity contribution in [1.29, 1.82) is 0 Å². The summed E-state index contributed by atoms with van der Waals surface area (Å²) >= 11 is 3.22. The Morgan fingerprint density at radius 1 is 1.36 bits per heavy atom. The van der Waals surface area contributed by atoms with Crippen LogP contribution in [0.15, 0.2) is 52.2 Å². The number of hydrazone groups is 1. The number of alkyl halides is 2. The van der Waals surface area contributed by atoms with Gasteiger partial charge in [-0.1, -0.05) is 22.0 Å². The third-order valence-electron chi connectivity index (χ3n) is 2.46. The van der Waals surface area contributed by atoms with Gasteiger partial charge in [-0.05, 0) is 30.3 Å². The molecular weight excluding hydrogens is 360 g/mol. The molecule has 0 spiro atoms. The highest BCUT2D eigenvalue weighted by Crippen LogP contribution is 2.23. The van der Waals surface area contributed by atoms with Crippen LogP contribution in [0.3, 0.4) is 0 Å². The van der Waals surface area contributed by atoms with E-state index in [-0.39, 0.29) is 17.0 Å². The van der Waals surface area contributed by atoms with Gasteiger partial charge in [0.1, 0.15) is 11.4 Å². The zero-order valence-electron chi connectivity index (χ0n) is 11.0. The molecule has 0 fully saturated rings. The molecule has 0 unspecified atom stereocenters. The van der Waals surface area contributed by atoms with E-state index in [1.165, 1.54) is 30.6 Å². The van der Waals surface area contributed by atoms with Gasteiger partial charge in [-0.15, -0.1) is 0 Å². The van der Waals surface area contributed by atoms with E-state index in [0.29, 0.717) is 4.47 Å². The van der Waals surface area contributed by atoms with Crippen LogP contribution in [0.1, 0.15) is 16.1 Å². The lowest BCUT2D eigenvalue weighted by Crippen LogP contribution is -2.18. The number of nitrogens with zero attached hydrogens (tertiary/aromatic N) is 2. The topological polar surface area (TPSA) is 63.6 Å². The summed E-state index contributed by atoms with van der Waals surface area (Å²) in [5.74, 6) is -0.558. The van der Waals surface area contributed by atoms with Gasteiger partial charge in [0.2, 0.25) is 0 Å². The number of ether oxygens (including phenoxy) is 1. The Hall–Kier alpha value is -2.35. The van der Waals surface area contributed by atoms with E-state index in [4.69, 9.17) is 0 Å². The lowest BCUT2D eigenvalue weighted by Gasteiger charge is -2.07. The molecule has 0 saturated heterocycles. The first-order chi connectivity index (χ1) is 10.6. The second-order valence-corrected chi connectivity index (χ2v) is 4.89. The normalized spacial score (nSPS) is 10.9. The number of carbonyl (C=O) groups excluding carboxylic acids is 1. The van der Waals surface area contributed by atoms with Crippen LogP contribution in [-0.4, -0.2) is 23.7 Å². The molecule has 114 valence electrons. The molecule has 8 heteroatoms. The van der Waals surface area contributed by atoms with E-state index in [9.17, 15) is 13.6 Å². The summed E-state index contributed by atoms with van der Waals surface area (Å²) in [6, 6.07) is 9.33. The van der Waals surface area contributed by atoms with Crippen molar-refractivity contribution in [3.05, 3.63) is 58.3 Å². The highest BCUT2D eigenvalue weighted by atomic mass is 79.9. The van der Waals surface area contributed by atoms with E-state index in [2.05, 4.69) is 36.2 Å². The molecule has 1 aromatic carbocycles. The van der Waals surface area contributed by atoms with Crippen LogP contribution in [0.5, 0.6) is 5.75 Å². The SMILES string of the molecule is O=C(N/N=C\c1cc(Br)ccc1OC(F)F)c1ccccn1. The van der Waals surface area contributed by atoms with Crippen molar-refractivity contribution in [3.8, 4) is 5.75 Å². The minimum Gasteiger partial charge on any atom is -0.434 e. The fourth-order valence-electron chi connectivity index (χ4n) is 1.54.